The van der Waals surface area contributed by atoms with Crippen molar-refractivity contribution in [3.63, 3.8) is 0 Å². The first-order valence-electron chi connectivity index (χ1n) is 6.61. The van der Waals surface area contributed by atoms with Crippen molar-refractivity contribution >= 4 is 34.4 Å². The molecule has 1 aromatic heterocycles. The van der Waals surface area contributed by atoms with Gasteiger partial charge in [-0.05, 0) is 19.1 Å². The fourth-order valence-corrected chi connectivity index (χ4v) is 2.78. The van der Waals surface area contributed by atoms with Crippen LogP contribution in [0.4, 0.5) is 5.13 Å². The molecular formula is C14H12N4O3S. The van der Waals surface area contributed by atoms with E-state index >= 15 is 0 Å². The molecule has 0 saturated heterocycles. The maximum absolute atomic E-state index is 12.1. The van der Waals surface area contributed by atoms with Gasteiger partial charge in [-0.3, -0.25) is 19.3 Å². The van der Waals surface area contributed by atoms with Gasteiger partial charge < -0.3 is 5.32 Å². The highest BCUT2D eigenvalue weighted by Gasteiger charge is 2.34. The van der Waals surface area contributed by atoms with E-state index in [1.54, 1.807) is 31.2 Å². The summed E-state index contributed by atoms with van der Waals surface area (Å²) in [4.78, 5) is 41.2. The van der Waals surface area contributed by atoms with Gasteiger partial charge in [-0.2, -0.15) is 4.37 Å². The first kappa shape index (κ1) is 14.3. The molecule has 1 aliphatic rings. The second-order valence-corrected chi connectivity index (χ2v) is 5.50. The molecule has 0 atom stereocenters. The topological polar surface area (TPSA) is 92.3 Å². The fraction of sp³-hybridized carbons (Fsp3) is 0.214. The van der Waals surface area contributed by atoms with Crippen LogP contribution in [0, 0.1) is 6.92 Å². The number of nitrogens with zero attached hydrogens (tertiary/aromatic N) is 3. The van der Waals surface area contributed by atoms with E-state index in [1.807, 2.05) is 0 Å². The number of imide groups is 1. The van der Waals surface area contributed by atoms with Crippen molar-refractivity contribution in [2.75, 3.05) is 11.9 Å². The minimum Gasteiger partial charge on any atom is -0.301 e. The van der Waals surface area contributed by atoms with Gasteiger partial charge in [0.25, 0.3) is 11.8 Å². The summed E-state index contributed by atoms with van der Waals surface area (Å²) in [5, 5.41) is 3.00. The van der Waals surface area contributed by atoms with E-state index in [-0.39, 0.29) is 30.7 Å². The first-order valence-corrected chi connectivity index (χ1v) is 7.39. The smallest absolute Gasteiger partial charge is 0.261 e. The maximum Gasteiger partial charge on any atom is 0.261 e. The molecule has 112 valence electrons. The van der Waals surface area contributed by atoms with Gasteiger partial charge in [-0.1, -0.05) is 12.1 Å². The van der Waals surface area contributed by atoms with Crippen LogP contribution in [0.5, 0.6) is 0 Å². The van der Waals surface area contributed by atoms with Crippen molar-refractivity contribution in [3.05, 3.63) is 41.2 Å². The summed E-state index contributed by atoms with van der Waals surface area (Å²) in [6, 6.07) is 6.63. The molecule has 2 heterocycles. The van der Waals surface area contributed by atoms with Crippen LogP contribution in [0.1, 0.15) is 33.0 Å². The molecule has 0 aliphatic carbocycles. The Balaban J connectivity index is 1.62. The van der Waals surface area contributed by atoms with E-state index in [0.29, 0.717) is 22.1 Å². The zero-order valence-corrected chi connectivity index (χ0v) is 12.5. The Hall–Kier alpha value is -2.61. The van der Waals surface area contributed by atoms with Gasteiger partial charge in [-0.15, -0.1) is 0 Å². The lowest BCUT2D eigenvalue weighted by Crippen LogP contribution is -2.32. The molecule has 2 aromatic rings. The van der Waals surface area contributed by atoms with Crippen LogP contribution in [-0.4, -0.2) is 38.5 Å². The minimum absolute atomic E-state index is 0.0180. The Labute approximate surface area is 130 Å². The number of amides is 3. The third-order valence-electron chi connectivity index (χ3n) is 3.21. The second kappa shape index (κ2) is 5.64. The number of anilines is 1. The van der Waals surface area contributed by atoms with Crippen molar-refractivity contribution in [2.45, 2.75) is 13.3 Å². The lowest BCUT2D eigenvalue weighted by atomic mass is 10.1. The SMILES string of the molecule is Cc1nsc(NC(=O)CCN2C(=O)c3ccccc3C2=O)n1. The Morgan fingerprint density at radius 3 is 2.41 bits per heavy atom. The van der Waals surface area contributed by atoms with Gasteiger partial charge in [0.2, 0.25) is 11.0 Å². The Morgan fingerprint density at radius 2 is 1.86 bits per heavy atom. The van der Waals surface area contributed by atoms with E-state index in [0.717, 1.165) is 16.4 Å². The largest absolute Gasteiger partial charge is 0.301 e. The monoisotopic (exact) mass is 316 g/mol. The number of carbonyl (C=O) groups is 3. The van der Waals surface area contributed by atoms with Crippen molar-refractivity contribution < 1.29 is 14.4 Å². The zero-order chi connectivity index (χ0) is 15.7. The first-order chi connectivity index (χ1) is 10.6. The Morgan fingerprint density at radius 1 is 1.23 bits per heavy atom. The molecule has 3 rings (SSSR count). The van der Waals surface area contributed by atoms with Gasteiger partial charge in [0.1, 0.15) is 5.82 Å². The van der Waals surface area contributed by atoms with Gasteiger partial charge >= 0.3 is 0 Å². The van der Waals surface area contributed by atoms with E-state index in [2.05, 4.69) is 14.7 Å². The van der Waals surface area contributed by atoms with E-state index in [9.17, 15) is 14.4 Å². The zero-order valence-electron chi connectivity index (χ0n) is 11.7. The average molecular weight is 316 g/mol. The Kier molecular flexibility index (Phi) is 3.68. The van der Waals surface area contributed by atoms with E-state index in [4.69, 9.17) is 0 Å². The van der Waals surface area contributed by atoms with Crippen LogP contribution in [-0.2, 0) is 4.79 Å². The number of hydrogen-bond donors (Lipinski definition) is 1. The molecule has 0 fully saturated rings. The van der Waals surface area contributed by atoms with E-state index in [1.165, 1.54) is 0 Å². The number of carbonyl (C=O) groups excluding carboxylic acids is 3. The number of aromatic nitrogens is 2. The molecule has 8 heteroatoms. The summed E-state index contributed by atoms with van der Waals surface area (Å²) < 4.78 is 3.96. The summed E-state index contributed by atoms with van der Waals surface area (Å²) in [5.74, 6) is -0.450. The number of fused-ring (bicyclic) bond motifs is 1. The van der Waals surface area contributed by atoms with Gasteiger partial charge in [0.15, 0.2) is 0 Å². The van der Waals surface area contributed by atoms with Crippen LogP contribution in [0.15, 0.2) is 24.3 Å². The maximum atomic E-state index is 12.1. The molecule has 1 N–H and O–H groups in total. The normalized spacial score (nSPS) is 13.4. The molecule has 0 saturated carbocycles. The quantitative estimate of drug-likeness (QED) is 0.862. The lowest BCUT2D eigenvalue weighted by Gasteiger charge is -2.12. The number of nitrogens with one attached hydrogen (secondary N) is 1. The molecular weight excluding hydrogens is 304 g/mol. The standard InChI is InChI=1S/C14H12N4O3S/c1-8-15-14(22-17-8)16-11(19)6-7-18-12(20)9-4-2-3-5-10(9)13(18)21/h2-5H,6-7H2,1H3,(H,15,16,17,19). The molecule has 3 amide bonds. The number of hydrogen-bond acceptors (Lipinski definition) is 6. The minimum atomic E-state index is -0.361. The van der Waals surface area contributed by atoms with Crippen LogP contribution in [0.2, 0.25) is 0 Å². The molecule has 22 heavy (non-hydrogen) atoms. The van der Waals surface area contributed by atoms with Crippen LogP contribution in [0.25, 0.3) is 0 Å². The third-order valence-corrected chi connectivity index (χ3v) is 3.94. The van der Waals surface area contributed by atoms with Gasteiger partial charge in [-0.25, -0.2) is 4.98 Å². The predicted octanol–water partition coefficient (Wildman–Crippen LogP) is 1.47. The molecule has 0 spiro atoms. The summed E-state index contributed by atoms with van der Waals surface area (Å²) in [6.07, 6.45) is 0.0180. The summed E-state index contributed by atoms with van der Waals surface area (Å²) in [6.45, 7) is 1.76. The summed E-state index contributed by atoms with van der Waals surface area (Å²) in [5.41, 5.74) is 0.764. The number of rotatable bonds is 4. The number of benzene rings is 1. The second-order valence-electron chi connectivity index (χ2n) is 4.75. The van der Waals surface area contributed by atoms with Crippen molar-refractivity contribution in [3.8, 4) is 0 Å². The fourth-order valence-electron chi connectivity index (χ4n) is 2.19. The lowest BCUT2D eigenvalue weighted by molar-refractivity contribution is -0.116. The summed E-state index contributed by atoms with van der Waals surface area (Å²) in [7, 11) is 0. The molecule has 1 aliphatic heterocycles. The van der Waals surface area contributed by atoms with E-state index < -0.39 is 0 Å². The predicted molar refractivity (Wildman–Crippen MR) is 79.7 cm³/mol. The third kappa shape index (κ3) is 2.60. The summed E-state index contributed by atoms with van der Waals surface area (Å²) >= 11 is 1.09. The van der Waals surface area contributed by atoms with Crippen LogP contribution in [0.3, 0.4) is 0 Å². The molecule has 1 aromatic carbocycles. The highest BCUT2D eigenvalue weighted by atomic mass is 32.1. The highest BCUT2D eigenvalue weighted by Crippen LogP contribution is 2.22. The molecule has 0 bridgehead atoms. The van der Waals surface area contributed by atoms with Crippen molar-refractivity contribution in [2.24, 2.45) is 0 Å². The molecule has 7 nitrogen and oxygen atoms in total. The molecule has 0 unspecified atom stereocenters. The average Bonchev–Trinajstić information content (AvgIpc) is 3.01. The van der Waals surface area contributed by atoms with Gasteiger partial charge in [0.05, 0.1) is 11.1 Å². The number of aryl methyl sites for hydroxylation is 1. The van der Waals surface area contributed by atoms with Crippen LogP contribution < -0.4 is 5.32 Å². The van der Waals surface area contributed by atoms with Crippen molar-refractivity contribution in [1.82, 2.24) is 14.3 Å². The van der Waals surface area contributed by atoms with Crippen LogP contribution >= 0.6 is 11.5 Å². The molecule has 0 radical (unpaired) electrons. The van der Waals surface area contributed by atoms with Gasteiger partial charge in [0, 0.05) is 24.5 Å². The van der Waals surface area contributed by atoms with Crippen molar-refractivity contribution in [1.29, 1.82) is 0 Å². The Bertz CT molecular complexity index is 736. The highest BCUT2D eigenvalue weighted by molar-refractivity contribution is 7.09.